The summed E-state index contributed by atoms with van der Waals surface area (Å²) in [6, 6.07) is 8.13. The minimum absolute atomic E-state index is 0.362. The van der Waals surface area contributed by atoms with Crippen molar-refractivity contribution in [1.82, 2.24) is 20.3 Å². The van der Waals surface area contributed by atoms with E-state index in [2.05, 4.69) is 63.1 Å². The third kappa shape index (κ3) is 4.30. The Balaban J connectivity index is 1.45. The van der Waals surface area contributed by atoms with Crippen LogP contribution in [-0.2, 0) is 6.54 Å². The van der Waals surface area contributed by atoms with Gasteiger partial charge in [0, 0.05) is 35.7 Å². The fourth-order valence-electron chi connectivity index (χ4n) is 3.57. The lowest BCUT2D eigenvalue weighted by Gasteiger charge is -2.33. The van der Waals surface area contributed by atoms with Crippen molar-refractivity contribution >= 4 is 60.6 Å². The standard InChI is InChI=1S/C19H20Br2ClN5O/c1-28-17-11(7-12(20)8-14(17)21)9-23-13-3-2-6-27(10-13)19-24-15-4-5-16(22)25-18(15)26-19/h4-5,7-8,13,23H,2-3,6,9-10H2,1H3,(H,24,25,26)/t13-/m0/s1. The first-order valence-corrected chi connectivity index (χ1v) is 11.0. The van der Waals surface area contributed by atoms with E-state index in [0.717, 1.165) is 64.2 Å². The Morgan fingerprint density at radius 3 is 3.00 bits per heavy atom. The van der Waals surface area contributed by atoms with Gasteiger partial charge in [0.2, 0.25) is 5.95 Å². The van der Waals surface area contributed by atoms with Gasteiger partial charge in [0.05, 0.1) is 17.1 Å². The molecule has 0 radical (unpaired) electrons. The molecule has 6 nitrogen and oxygen atoms in total. The predicted octanol–water partition coefficient (Wildman–Crippen LogP) is 4.90. The number of H-pyrrole nitrogens is 1. The van der Waals surface area contributed by atoms with Crippen LogP contribution in [0.4, 0.5) is 5.95 Å². The zero-order valence-corrected chi connectivity index (χ0v) is 19.2. The number of rotatable bonds is 5. The average Bonchev–Trinajstić information content (AvgIpc) is 3.09. The van der Waals surface area contributed by atoms with Crippen molar-refractivity contribution in [2.24, 2.45) is 0 Å². The van der Waals surface area contributed by atoms with Crippen LogP contribution in [0.25, 0.3) is 11.2 Å². The fourth-order valence-corrected chi connectivity index (χ4v) is 5.19. The van der Waals surface area contributed by atoms with Gasteiger partial charge in [-0.05, 0) is 53.0 Å². The lowest BCUT2D eigenvalue weighted by molar-refractivity contribution is 0.392. The molecule has 1 aliphatic rings. The lowest BCUT2D eigenvalue weighted by atomic mass is 10.1. The van der Waals surface area contributed by atoms with Crippen molar-refractivity contribution in [3.05, 3.63) is 43.9 Å². The van der Waals surface area contributed by atoms with E-state index >= 15 is 0 Å². The number of aromatic nitrogens is 3. The van der Waals surface area contributed by atoms with Gasteiger partial charge in [-0.3, -0.25) is 0 Å². The van der Waals surface area contributed by atoms with Crippen molar-refractivity contribution in [2.75, 3.05) is 25.1 Å². The molecule has 2 N–H and O–H groups in total. The third-order valence-electron chi connectivity index (χ3n) is 4.89. The maximum absolute atomic E-state index is 5.98. The summed E-state index contributed by atoms with van der Waals surface area (Å²) in [5.41, 5.74) is 2.67. The summed E-state index contributed by atoms with van der Waals surface area (Å²) in [6.45, 7) is 2.58. The first kappa shape index (κ1) is 19.9. The van der Waals surface area contributed by atoms with Crippen LogP contribution in [0, 0.1) is 0 Å². The highest BCUT2D eigenvalue weighted by Crippen LogP contribution is 2.33. The van der Waals surface area contributed by atoms with E-state index in [-0.39, 0.29) is 0 Å². The Bertz CT molecular complexity index is 996. The monoisotopic (exact) mass is 527 g/mol. The van der Waals surface area contributed by atoms with Gasteiger partial charge < -0.3 is 19.9 Å². The molecule has 3 heterocycles. The van der Waals surface area contributed by atoms with Crippen LogP contribution in [0.1, 0.15) is 18.4 Å². The summed E-state index contributed by atoms with van der Waals surface area (Å²) in [7, 11) is 1.70. The maximum atomic E-state index is 5.98. The molecule has 2 aromatic heterocycles. The van der Waals surface area contributed by atoms with Crippen molar-refractivity contribution in [3.8, 4) is 5.75 Å². The molecule has 28 heavy (non-hydrogen) atoms. The van der Waals surface area contributed by atoms with Gasteiger partial charge in [0.1, 0.15) is 10.9 Å². The van der Waals surface area contributed by atoms with E-state index < -0.39 is 0 Å². The lowest BCUT2D eigenvalue weighted by Crippen LogP contribution is -2.46. The van der Waals surface area contributed by atoms with Crippen molar-refractivity contribution in [1.29, 1.82) is 0 Å². The highest BCUT2D eigenvalue weighted by atomic mass is 79.9. The molecule has 0 aliphatic carbocycles. The summed E-state index contributed by atoms with van der Waals surface area (Å²) in [6.07, 6.45) is 2.22. The molecule has 9 heteroatoms. The Morgan fingerprint density at radius 2 is 2.18 bits per heavy atom. The van der Waals surface area contributed by atoms with Gasteiger partial charge in [-0.2, -0.15) is 4.98 Å². The summed E-state index contributed by atoms with van der Waals surface area (Å²) in [5.74, 6) is 1.71. The summed E-state index contributed by atoms with van der Waals surface area (Å²) >= 11 is 13.1. The van der Waals surface area contributed by atoms with E-state index in [0.29, 0.717) is 16.8 Å². The van der Waals surface area contributed by atoms with Crippen LogP contribution < -0.4 is 15.0 Å². The number of benzene rings is 1. The van der Waals surface area contributed by atoms with E-state index in [9.17, 15) is 0 Å². The molecule has 1 saturated heterocycles. The van der Waals surface area contributed by atoms with Gasteiger partial charge in [-0.15, -0.1) is 0 Å². The molecule has 1 aliphatic heterocycles. The van der Waals surface area contributed by atoms with E-state index in [4.69, 9.17) is 16.3 Å². The van der Waals surface area contributed by atoms with Gasteiger partial charge in [-0.25, -0.2) is 4.98 Å². The smallest absolute Gasteiger partial charge is 0.205 e. The van der Waals surface area contributed by atoms with E-state index in [1.165, 1.54) is 0 Å². The number of piperidine rings is 1. The second-order valence-electron chi connectivity index (χ2n) is 6.81. The zero-order valence-electron chi connectivity index (χ0n) is 15.3. The molecule has 0 spiro atoms. The molecular weight excluding hydrogens is 510 g/mol. The van der Waals surface area contributed by atoms with Crippen LogP contribution in [0.15, 0.2) is 33.2 Å². The van der Waals surface area contributed by atoms with Gasteiger partial charge in [0.25, 0.3) is 0 Å². The summed E-state index contributed by atoms with van der Waals surface area (Å²) in [5, 5.41) is 4.12. The van der Waals surface area contributed by atoms with E-state index in [1.54, 1.807) is 13.2 Å². The van der Waals surface area contributed by atoms with Gasteiger partial charge in [-0.1, -0.05) is 27.5 Å². The number of fused-ring (bicyclic) bond motifs is 1. The first-order chi connectivity index (χ1) is 13.5. The number of ether oxygens (including phenoxy) is 1. The highest BCUT2D eigenvalue weighted by molar-refractivity contribution is 9.11. The van der Waals surface area contributed by atoms with Crippen LogP contribution in [0.3, 0.4) is 0 Å². The maximum Gasteiger partial charge on any atom is 0.205 e. The predicted molar refractivity (Wildman–Crippen MR) is 119 cm³/mol. The molecule has 1 fully saturated rings. The molecule has 0 bridgehead atoms. The molecule has 148 valence electrons. The molecule has 1 atom stereocenters. The topological polar surface area (TPSA) is 66.1 Å². The van der Waals surface area contributed by atoms with Crippen molar-refractivity contribution in [3.63, 3.8) is 0 Å². The SMILES string of the molecule is COc1c(Br)cc(Br)cc1CN[C@H]1CCCN(c2nc3nc(Cl)ccc3[nH]2)C1. The number of halogens is 3. The number of anilines is 1. The van der Waals surface area contributed by atoms with Gasteiger partial charge in [0.15, 0.2) is 5.65 Å². The van der Waals surface area contributed by atoms with Gasteiger partial charge >= 0.3 is 0 Å². The van der Waals surface area contributed by atoms with E-state index in [1.807, 2.05) is 12.1 Å². The van der Waals surface area contributed by atoms with Crippen molar-refractivity contribution in [2.45, 2.75) is 25.4 Å². The average molecular weight is 530 g/mol. The fraction of sp³-hybridized carbons (Fsp3) is 0.368. The second-order valence-corrected chi connectivity index (χ2v) is 8.97. The minimum Gasteiger partial charge on any atom is -0.495 e. The van der Waals surface area contributed by atoms with Crippen LogP contribution in [0.2, 0.25) is 5.15 Å². The molecule has 0 amide bonds. The quantitative estimate of drug-likeness (QED) is 0.460. The molecule has 4 rings (SSSR count). The zero-order chi connectivity index (χ0) is 19.7. The van der Waals surface area contributed by atoms with Crippen LogP contribution in [0.5, 0.6) is 5.75 Å². The number of hydrogen-bond donors (Lipinski definition) is 2. The van der Waals surface area contributed by atoms with Crippen molar-refractivity contribution < 1.29 is 4.74 Å². The largest absolute Gasteiger partial charge is 0.495 e. The number of aromatic amines is 1. The molecule has 0 saturated carbocycles. The van der Waals surface area contributed by atoms with Crippen LogP contribution >= 0.6 is 43.5 Å². The third-order valence-corrected chi connectivity index (χ3v) is 6.15. The number of pyridine rings is 1. The Hall–Kier alpha value is -1.35. The molecule has 3 aromatic rings. The molecule has 0 unspecified atom stereocenters. The Labute approximate surface area is 185 Å². The number of methoxy groups -OCH3 is 1. The Kier molecular flexibility index (Phi) is 6.10. The summed E-state index contributed by atoms with van der Waals surface area (Å²) < 4.78 is 7.52. The molecular formula is C19H20Br2ClN5O. The number of nitrogens with one attached hydrogen (secondary N) is 2. The number of hydrogen-bond acceptors (Lipinski definition) is 5. The first-order valence-electron chi connectivity index (χ1n) is 9.06. The minimum atomic E-state index is 0.362. The normalized spacial score (nSPS) is 17.3. The number of nitrogens with zero attached hydrogens (tertiary/aromatic N) is 3. The molecule has 1 aromatic carbocycles. The van der Waals surface area contributed by atoms with Crippen LogP contribution in [-0.4, -0.2) is 41.2 Å². The highest BCUT2D eigenvalue weighted by Gasteiger charge is 2.23. The Morgan fingerprint density at radius 1 is 1.32 bits per heavy atom. The summed E-state index contributed by atoms with van der Waals surface area (Å²) in [4.78, 5) is 14.5. The number of imidazole rings is 1. The second kappa shape index (κ2) is 8.57.